The molecular formula is C22H28N8S2. The third-order valence-electron chi connectivity index (χ3n) is 6.55. The lowest BCUT2D eigenvalue weighted by Crippen LogP contribution is -2.49. The Labute approximate surface area is 196 Å². The fourth-order valence-electron chi connectivity index (χ4n) is 3.94. The first-order chi connectivity index (χ1) is 15.3. The van der Waals surface area contributed by atoms with Gasteiger partial charge in [0.05, 0.1) is 22.8 Å². The number of piperazine rings is 1. The van der Waals surface area contributed by atoms with Crippen LogP contribution in [-0.2, 0) is 0 Å². The second-order valence-electron chi connectivity index (χ2n) is 9.43. The number of thioether (sulfide) groups is 1. The molecule has 10 heteroatoms. The van der Waals surface area contributed by atoms with E-state index in [9.17, 15) is 5.26 Å². The fourth-order valence-corrected chi connectivity index (χ4v) is 5.72. The zero-order valence-corrected chi connectivity index (χ0v) is 20.0. The molecule has 3 aliphatic rings. The van der Waals surface area contributed by atoms with Crippen molar-refractivity contribution in [1.29, 1.82) is 16.1 Å². The van der Waals surface area contributed by atoms with Gasteiger partial charge in [-0.15, -0.1) is 0 Å². The molecule has 5 rings (SSSR count). The van der Waals surface area contributed by atoms with Crippen molar-refractivity contribution >= 4 is 50.5 Å². The fraction of sp³-hybridized carbons (Fsp3) is 0.545. The Morgan fingerprint density at radius 2 is 2.09 bits per heavy atom. The third-order valence-corrected chi connectivity index (χ3v) is 8.58. The van der Waals surface area contributed by atoms with Crippen molar-refractivity contribution in [3.05, 3.63) is 18.3 Å². The van der Waals surface area contributed by atoms with Crippen LogP contribution in [0.5, 0.6) is 0 Å². The molecule has 0 amide bonds. The van der Waals surface area contributed by atoms with Crippen molar-refractivity contribution in [2.75, 3.05) is 24.5 Å². The normalized spacial score (nSPS) is 23.0. The van der Waals surface area contributed by atoms with Crippen molar-refractivity contribution in [3.8, 4) is 6.07 Å². The standard InChI is InChI=1S/C22H28N8S2/c1-14-12-29(8-7-26-14)17-9-15(32-28-21(2)3-4-21)10-18-16(17)11-27-30(18)20(25)31-19(24)22(13-23)5-6-22/h9-11,14,24-26,28H,3-8,12H2,1-2H3. The number of hydrogen-bond donors (Lipinski definition) is 4. The van der Waals surface area contributed by atoms with Gasteiger partial charge in [-0.2, -0.15) is 10.4 Å². The Morgan fingerprint density at radius 3 is 2.75 bits per heavy atom. The lowest BCUT2D eigenvalue weighted by Gasteiger charge is -2.34. The van der Waals surface area contributed by atoms with E-state index in [0.29, 0.717) is 18.9 Å². The van der Waals surface area contributed by atoms with E-state index in [4.69, 9.17) is 10.8 Å². The summed E-state index contributed by atoms with van der Waals surface area (Å²) in [5.74, 6) is 0. The number of aromatic nitrogens is 2. The van der Waals surface area contributed by atoms with Crippen molar-refractivity contribution in [2.24, 2.45) is 5.41 Å². The number of nitriles is 1. The average molecular weight is 469 g/mol. The first-order valence-corrected chi connectivity index (χ1v) is 12.7. The predicted octanol–water partition coefficient (Wildman–Crippen LogP) is 3.78. The van der Waals surface area contributed by atoms with Crippen LogP contribution < -0.4 is 14.9 Å². The summed E-state index contributed by atoms with van der Waals surface area (Å²) in [6.45, 7) is 7.21. The van der Waals surface area contributed by atoms with Crippen LogP contribution in [-0.4, -0.2) is 51.2 Å². The molecule has 2 aliphatic carbocycles. The molecule has 4 N–H and O–H groups in total. The Balaban J connectivity index is 1.48. The molecule has 0 spiro atoms. The molecule has 3 fully saturated rings. The van der Waals surface area contributed by atoms with E-state index in [1.54, 1.807) is 16.6 Å². The van der Waals surface area contributed by atoms with Crippen molar-refractivity contribution in [2.45, 2.75) is 56.0 Å². The molecule has 168 valence electrons. The Morgan fingerprint density at radius 1 is 1.31 bits per heavy atom. The zero-order chi connectivity index (χ0) is 22.5. The van der Waals surface area contributed by atoms with Gasteiger partial charge in [0.15, 0.2) is 5.17 Å². The van der Waals surface area contributed by atoms with E-state index in [1.807, 2.05) is 6.20 Å². The molecule has 1 unspecified atom stereocenters. The summed E-state index contributed by atoms with van der Waals surface area (Å²) in [6, 6.07) is 6.96. The van der Waals surface area contributed by atoms with Crippen LogP contribution in [0.4, 0.5) is 5.69 Å². The number of fused-ring (bicyclic) bond motifs is 1. The highest BCUT2D eigenvalue weighted by Gasteiger charge is 2.48. The van der Waals surface area contributed by atoms with Crippen molar-refractivity contribution in [1.82, 2.24) is 19.8 Å². The second-order valence-corrected chi connectivity index (χ2v) is 11.3. The average Bonchev–Trinajstić information content (AvgIpc) is 3.69. The molecular weight excluding hydrogens is 440 g/mol. The van der Waals surface area contributed by atoms with Gasteiger partial charge in [0, 0.05) is 47.2 Å². The van der Waals surface area contributed by atoms with Crippen LogP contribution >= 0.6 is 23.7 Å². The van der Waals surface area contributed by atoms with E-state index in [0.717, 1.165) is 52.9 Å². The largest absolute Gasteiger partial charge is 0.368 e. The van der Waals surface area contributed by atoms with Gasteiger partial charge in [0.25, 0.3) is 0 Å². The molecule has 1 saturated heterocycles. The summed E-state index contributed by atoms with van der Waals surface area (Å²) in [6.07, 6.45) is 5.62. The predicted molar refractivity (Wildman–Crippen MR) is 132 cm³/mol. The third kappa shape index (κ3) is 4.15. The number of anilines is 1. The minimum Gasteiger partial charge on any atom is -0.368 e. The summed E-state index contributed by atoms with van der Waals surface area (Å²) in [5, 5.41) is 35.8. The van der Waals surface area contributed by atoms with Crippen LogP contribution in [0.25, 0.3) is 10.9 Å². The minimum atomic E-state index is -0.688. The first-order valence-electron chi connectivity index (χ1n) is 11.0. The Bertz CT molecular complexity index is 1120. The van der Waals surface area contributed by atoms with Crippen molar-refractivity contribution < 1.29 is 0 Å². The topological polar surface area (TPSA) is 117 Å². The van der Waals surface area contributed by atoms with E-state index in [1.165, 1.54) is 12.8 Å². The van der Waals surface area contributed by atoms with Gasteiger partial charge in [0.1, 0.15) is 5.41 Å². The molecule has 32 heavy (non-hydrogen) atoms. The van der Waals surface area contributed by atoms with Gasteiger partial charge in [-0.25, -0.2) is 4.68 Å². The molecule has 0 radical (unpaired) electrons. The molecule has 2 heterocycles. The second kappa shape index (κ2) is 8.06. The van der Waals surface area contributed by atoms with Gasteiger partial charge < -0.3 is 10.2 Å². The summed E-state index contributed by atoms with van der Waals surface area (Å²) in [4.78, 5) is 3.49. The van der Waals surface area contributed by atoms with E-state index >= 15 is 0 Å². The van der Waals surface area contributed by atoms with Crippen LogP contribution in [0.1, 0.15) is 39.5 Å². The zero-order valence-electron chi connectivity index (χ0n) is 18.4. The highest BCUT2D eigenvalue weighted by molar-refractivity contribution is 8.26. The minimum absolute atomic E-state index is 0.162. The molecule has 1 aromatic carbocycles. The molecule has 1 aliphatic heterocycles. The summed E-state index contributed by atoms with van der Waals surface area (Å²) >= 11 is 2.68. The monoisotopic (exact) mass is 468 g/mol. The molecule has 1 aromatic heterocycles. The van der Waals surface area contributed by atoms with Crippen molar-refractivity contribution in [3.63, 3.8) is 0 Å². The van der Waals surface area contributed by atoms with Crippen LogP contribution in [0.3, 0.4) is 0 Å². The summed E-state index contributed by atoms with van der Waals surface area (Å²) < 4.78 is 5.20. The molecule has 8 nitrogen and oxygen atoms in total. The maximum absolute atomic E-state index is 9.39. The highest BCUT2D eigenvalue weighted by Crippen LogP contribution is 2.49. The van der Waals surface area contributed by atoms with E-state index in [-0.39, 0.29) is 15.8 Å². The summed E-state index contributed by atoms with van der Waals surface area (Å²) in [7, 11) is 0. The van der Waals surface area contributed by atoms with Gasteiger partial charge in [-0.3, -0.25) is 15.5 Å². The molecule has 0 bridgehead atoms. The van der Waals surface area contributed by atoms with E-state index < -0.39 is 5.41 Å². The Hall–Kier alpha value is -2.06. The molecule has 2 saturated carbocycles. The lowest BCUT2D eigenvalue weighted by molar-refractivity contribution is 0.485. The summed E-state index contributed by atoms with van der Waals surface area (Å²) in [5.41, 5.74) is 1.52. The highest BCUT2D eigenvalue weighted by atomic mass is 32.2. The van der Waals surface area contributed by atoms with Crippen LogP contribution in [0.15, 0.2) is 23.2 Å². The number of nitrogens with one attached hydrogen (secondary N) is 4. The van der Waals surface area contributed by atoms with Crippen LogP contribution in [0.2, 0.25) is 0 Å². The number of nitrogens with zero attached hydrogens (tertiary/aromatic N) is 4. The number of benzene rings is 1. The first kappa shape index (κ1) is 21.8. The smallest absolute Gasteiger partial charge is 0.187 e. The molecule has 1 atom stereocenters. The maximum atomic E-state index is 9.39. The maximum Gasteiger partial charge on any atom is 0.187 e. The number of rotatable bonds is 5. The van der Waals surface area contributed by atoms with Crippen LogP contribution in [0, 0.1) is 27.6 Å². The van der Waals surface area contributed by atoms with Gasteiger partial charge in [-0.05, 0) is 75.4 Å². The SMILES string of the molecule is CC1CN(c2cc(SNC3(C)CC3)cc3c2cnn3C(=N)SC(=N)C2(C#N)CC2)CCN1. The number of hydrogen-bond acceptors (Lipinski definition) is 9. The van der Waals surface area contributed by atoms with Gasteiger partial charge in [0.2, 0.25) is 0 Å². The van der Waals surface area contributed by atoms with Gasteiger partial charge in [-0.1, -0.05) is 0 Å². The Kier molecular flexibility index (Phi) is 5.48. The lowest BCUT2D eigenvalue weighted by atomic mass is 10.1. The molecule has 2 aromatic rings. The van der Waals surface area contributed by atoms with E-state index in [2.05, 4.69) is 52.1 Å². The van der Waals surface area contributed by atoms with Gasteiger partial charge >= 0.3 is 0 Å². The quantitative estimate of drug-likeness (QED) is 0.300.